The normalized spacial score (nSPS) is 17.6. The second-order valence-corrected chi connectivity index (χ2v) is 6.81. The molecule has 3 rings (SSSR count). The van der Waals surface area contributed by atoms with Gasteiger partial charge in [0, 0.05) is 24.7 Å². The van der Waals surface area contributed by atoms with Gasteiger partial charge in [0.05, 0.1) is 0 Å². The van der Waals surface area contributed by atoms with Crippen molar-refractivity contribution in [1.29, 1.82) is 0 Å². The number of carbonyl (C=O) groups excluding carboxylic acids is 1. The highest BCUT2D eigenvalue weighted by Gasteiger charge is 2.25. The highest BCUT2D eigenvalue weighted by molar-refractivity contribution is 5.94. The van der Waals surface area contributed by atoms with E-state index in [0.29, 0.717) is 12.6 Å². The fourth-order valence-electron chi connectivity index (χ4n) is 3.17. The van der Waals surface area contributed by atoms with Crippen molar-refractivity contribution in [1.82, 2.24) is 9.80 Å². The summed E-state index contributed by atoms with van der Waals surface area (Å²) in [4.78, 5) is 16.9. The lowest BCUT2D eigenvalue weighted by Gasteiger charge is -2.36. The van der Waals surface area contributed by atoms with Crippen LogP contribution in [0.15, 0.2) is 54.6 Å². The molecule has 2 aromatic carbocycles. The van der Waals surface area contributed by atoms with Gasteiger partial charge in [-0.3, -0.25) is 4.79 Å². The number of likely N-dealkylation sites (tertiary alicyclic amines) is 1. The summed E-state index contributed by atoms with van der Waals surface area (Å²) in [6, 6.07) is 18.0. The molecule has 25 heavy (non-hydrogen) atoms. The van der Waals surface area contributed by atoms with Crippen molar-refractivity contribution < 1.29 is 9.53 Å². The number of amides is 1. The molecule has 1 fully saturated rings. The van der Waals surface area contributed by atoms with Crippen LogP contribution in [0.25, 0.3) is 0 Å². The maximum Gasteiger partial charge on any atom is 0.253 e. The summed E-state index contributed by atoms with van der Waals surface area (Å²) in [7, 11) is 4.17. The summed E-state index contributed by atoms with van der Waals surface area (Å²) >= 11 is 0. The third-order valence-electron chi connectivity index (χ3n) is 4.76. The molecule has 132 valence electrons. The van der Waals surface area contributed by atoms with E-state index in [-0.39, 0.29) is 5.91 Å². The van der Waals surface area contributed by atoms with Gasteiger partial charge in [0.15, 0.2) is 0 Å². The number of nitrogens with zero attached hydrogens (tertiary/aromatic N) is 2. The van der Waals surface area contributed by atoms with Gasteiger partial charge in [0.25, 0.3) is 5.91 Å². The fourth-order valence-corrected chi connectivity index (χ4v) is 3.17. The monoisotopic (exact) mass is 338 g/mol. The minimum Gasteiger partial charge on any atom is -0.489 e. The number of benzene rings is 2. The summed E-state index contributed by atoms with van der Waals surface area (Å²) in [5.74, 6) is 0.979. The molecule has 1 aliphatic heterocycles. The third-order valence-corrected chi connectivity index (χ3v) is 4.76. The van der Waals surface area contributed by atoms with Gasteiger partial charge in [-0.25, -0.2) is 0 Å². The Balaban J connectivity index is 1.58. The Labute approximate surface area is 150 Å². The molecule has 2 aromatic rings. The Morgan fingerprint density at radius 3 is 2.52 bits per heavy atom. The number of rotatable bonds is 5. The van der Waals surface area contributed by atoms with Crippen molar-refractivity contribution in [2.24, 2.45) is 0 Å². The minimum atomic E-state index is 0.127. The maximum absolute atomic E-state index is 12.7. The number of hydrogen-bond acceptors (Lipinski definition) is 3. The van der Waals surface area contributed by atoms with Crippen LogP contribution in [-0.2, 0) is 6.61 Å². The van der Waals surface area contributed by atoms with Crippen LogP contribution in [0.1, 0.15) is 28.8 Å². The van der Waals surface area contributed by atoms with Gasteiger partial charge in [0.1, 0.15) is 12.4 Å². The third kappa shape index (κ3) is 4.60. The largest absolute Gasteiger partial charge is 0.489 e. The molecule has 0 N–H and O–H groups in total. The number of likely N-dealkylation sites (N-methyl/N-ethyl adjacent to an activating group) is 1. The number of ether oxygens (including phenoxy) is 1. The lowest BCUT2D eigenvalue weighted by Crippen LogP contribution is -2.47. The van der Waals surface area contributed by atoms with Gasteiger partial charge in [0.2, 0.25) is 0 Å². The molecular formula is C21H26N2O2. The Morgan fingerprint density at radius 1 is 1.12 bits per heavy atom. The van der Waals surface area contributed by atoms with Crippen molar-refractivity contribution >= 4 is 5.91 Å². The average molecular weight is 338 g/mol. The molecule has 1 saturated heterocycles. The molecule has 1 heterocycles. The number of hydrogen-bond donors (Lipinski definition) is 0. The first-order valence-corrected chi connectivity index (χ1v) is 8.86. The lowest BCUT2D eigenvalue weighted by atomic mass is 10.0. The van der Waals surface area contributed by atoms with Crippen LogP contribution >= 0.6 is 0 Å². The summed E-state index contributed by atoms with van der Waals surface area (Å²) in [5.41, 5.74) is 1.81. The van der Waals surface area contributed by atoms with Crippen LogP contribution in [0.4, 0.5) is 0 Å². The van der Waals surface area contributed by atoms with Crippen molar-refractivity contribution in [2.45, 2.75) is 25.5 Å². The van der Waals surface area contributed by atoms with E-state index in [0.717, 1.165) is 42.8 Å². The zero-order valence-corrected chi connectivity index (χ0v) is 15.0. The molecule has 1 aliphatic rings. The van der Waals surface area contributed by atoms with E-state index in [1.54, 1.807) is 0 Å². The molecular weight excluding hydrogens is 312 g/mol. The van der Waals surface area contributed by atoms with E-state index in [1.165, 1.54) is 0 Å². The highest BCUT2D eigenvalue weighted by atomic mass is 16.5. The highest BCUT2D eigenvalue weighted by Crippen LogP contribution is 2.17. The van der Waals surface area contributed by atoms with Gasteiger partial charge < -0.3 is 14.5 Å². The van der Waals surface area contributed by atoms with Gasteiger partial charge in [-0.1, -0.05) is 30.3 Å². The first-order chi connectivity index (χ1) is 12.1. The summed E-state index contributed by atoms with van der Waals surface area (Å²) < 4.78 is 5.75. The second kappa shape index (κ2) is 8.17. The van der Waals surface area contributed by atoms with Crippen molar-refractivity contribution in [2.75, 3.05) is 27.2 Å². The number of piperidine rings is 1. The Bertz CT molecular complexity index is 683. The molecule has 0 saturated carbocycles. The minimum absolute atomic E-state index is 0.127. The van der Waals surface area contributed by atoms with Gasteiger partial charge >= 0.3 is 0 Å². The van der Waals surface area contributed by atoms with E-state index in [1.807, 2.05) is 59.5 Å². The van der Waals surface area contributed by atoms with Crippen molar-refractivity contribution in [3.05, 3.63) is 65.7 Å². The standard InChI is InChI=1S/C21H26N2O2/c1-22(2)19-7-6-14-23(15-19)21(24)18-12-10-17(11-13-18)16-25-20-8-4-3-5-9-20/h3-5,8-13,19H,6-7,14-16H2,1-2H3. The second-order valence-electron chi connectivity index (χ2n) is 6.81. The van der Waals surface area contributed by atoms with E-state index in [4.69, 9.17) is 4.74 Å². The van der Waals surface area contributed by atoms with E-state index in [2.05, 4.69) is 19.0 Å². The molecule has 1 unspecified atom stereocenters. The molecule has 0 aromatic heterocycles. The van der Waals surface area contributed by atoms with Gasteiger partial charge in [-0.05, 0) is 56.8 Å². The predicted molar refractivity (Wildman–Crippen MR) is 99.8 cm³/mol. The number of carbonyl (C=O) groups is 1. The zero-order valence-electron chi connectivity index (χ0n) is 15.0. The van der Waals surface area contributed by atoms with Crippen LogP contribution in [0.3, 0.4) is 0 Å². The smallest absolute Gasteiger partial charge is 0.253 e. The fraction of sp³-hybridized carbons (Fsp3) is 0.381. The Morgan fingerprint density at radius 2 is 1.84 bits per heavy atom. The zero-order chi connectivity index (χ0) is 17.6. The average Bonchev–Trinajstić information content (AvgIpc) is 2.67. The first kappa shape index (κ1) is 17.5. The maximum atomic E-state index is 12.7. The molecule has 0 aliphatic carbocycles. The molecule has 0 spiro atoms. The van der Waals surface area contributed by atoms with Crippen LogP contribution < -0.4 is 4.74 Å². The summed E-state index contributed by atoms with van der Waals surface area (Å²) in [5, 5.41) is 0. The van der Waals surface area contributed by atoms with Gasteiger partial charge in [-0.15, -0.1) is 0 Å². The molecule has 0 bridgehead atoms. The van der Waals surface area contributed by atoms with Crippen LogP contribution in [-0.4, -0.2) is 48.9 Å². The summed E-state index contributed by atoms with van der Waals surface area (Å²) in [6.45, 7) is 2.16. The van der Waals surface area contributed by atoms with Crippen LogP contribution in [0.2, 0.25) is 0 Å². The number of para-hydroxylation sites is 1. The topological polar surface area (TPSA) is 32.8 Å². The van der Waals surface area contributed by atoms with E-state index in [9.17, 15) is 4.79 Å². The Hall–Kier alpha value is -2.33. The van der Waals surface area contributed by atoms with E-state index >= 15 is 0 Å². The SMILES string of the molecule is CN(C)C1CCCN(C(=O)c2ccc(COc3ccccc3)cc2)C1. The molecule has 0 radical (unpaired) electrons. The molecule has 1 amide bonds. The molecule has 1 atom stereocenters. The molecule has 4 heteroatoms. The van der Waals surface area contributed by atoms with Crippen molar-refractivity contribution in [3.8, 4) is 5.75 Å². The lowest BCUT2D eigenvalue weighted by molar-refractivity contribution is 0.0635. The van der Waals surface area contributed by atoms with Crippen LogP contribution in [0, 0.1) is 0 Å². The summed E-state index contributed by atoms with van der Waals surface area (Å²) in [6.07, 6.45) is 2.23. The molecule has 4 nitrogen and oxygen atoms in total. The predicted octanol–water partition coefficient (Wildman–Crippen LogP) is 3.43. The van der Waals surface area contributed by atoms with E-state index < -0.39 is 0 Å². The van der Waals surface area contributed by atoms with Gasteiger partial charge in [-0.2, -0.15) is 0 Å². The quantitative estimate of drug-likeness (QED) is 0.837. The Kier molecular flexibility index (Phi) is 5.71. The first-order valence-electron chi connectivity index (χ1n) is 8.86. The van der Waals surface area contributed by atoms with Crippen molar-refractivity contribution in [3.63, 3.8) is 0 Å². The van der Waals surface area contributed by atoms with Crippen LogP contribution in [0.5, 0.6) is 5.75 Å².